The minimum Gasteiger partial charge on any atom is -0.468 e. The molecule has 0 heterocycles. The highest BCUT2D eigenvalue weighted by atomic mass is 16.5. The lowest BCUT2D eigenvalue weighted by atomic mass is 10.2. The Morgan fingerprint density at radius 1 is 1.00 bits per heavy atom. The number of aldehydes is 2. The first-order valence-electron chi connectivity index (χ1n) is 7.23. The fourth-order valence-corrected chi connectivity index (χ4v) is 1.72. The van der Waals surface area contributed by atoms with E-state index in [1.165, 1.54) is 4.90 Å². The number of hydrogen-bond donors (Lipinski definition) is 2. The van der Waals surface area contributed by atoms with Gasteiger partial charge in [0.1, 0.15) is 24.8 Å². The van der Waals surface area contributed by atoms with Crippen LogP contribution < -0.4 is 0 Å². The molecule has 2 atom stereocenters. The number of aliphatic hydroxyl groups is 2. The molecule has 0 spiro atoms. The van der Waals surface area contributed by atoms with Crippen molar-refractivity contribution in [2.24, 2.45) is 0 Å². The van der Waals surface area contributed by atoms with Crippen molar-refractivity contribution in [1.82, 2.24) is 4.90 Å². The third-order valence-corrected chi connectivity index (χ3v) is 2.82. The van der Waals surface area contributed by atoms with Gasteiger partial charge in [-0.05, 0) is 12.8 Å². The summed E-state index contributed by atoms with van der Waals surface area (Å²) in [5, 5.41) is 18.6. The van der Waals surface area contributed by atoms with E-state index >= 15 is 0 Å². The molecular formula is C14H23NO8. The fourth-order valence-electron chi connectivity index (χ4n) is 1.72. The van der Waals surface area contributed by atoms with Crippen LogP contribution in [0.4, 0.5) is 0 Å². The van der Waals surface area contributed by atoms with Crippen LogP contribution in [0, 0.1) is 0 Å². The van der Waals surface area contributed by atoms with Crippen LogP contribution in [-0.2, 0) is 28.7 Å². The monoisotopic (exact) mass is 333 g/mol. The Hall–Kier alpha value is -1.84. The lowest BCUT2D eigenvalue weighted by molar-refractivity contribution is -0.144. The molecule has 23 heavy (non-hydrogen) atoms. The zero-order valence-corrected chi connectivity index (χ0v) is 12.8. The van der Waals surface area contributed by atoms with Crippen molar-refractivity contribution in [2.75, 3.05) is 32.8 Å². The summed E-state index contributed by atoms with van der Waals surface area (Å²) < 4.78 is 9.44. The van der Waals surface area contributed by atoms with Crippen LogP contribution in [0.25, 0.3) is 0 Å². The zero-order valence-electron chi connectivity index (χ0n) is 12.8. The van der Waals surface area contributed by atoms with E-state index in [1.54, 1.807) is 0 Å². The quantitative estimate of drug-likeness (QED) is 0.204. The Balaban J connectivity index is 4.01. The number of carbonyl (C=O) groups excluding carboxylic acids is 4. The minimum absolute atomic E-state index is 0.0119. The van der Waals surface area contributed by atoms with Gasteiger partial charge in [-0.25, -0.2) is 0 Å². The van der Waals surface area contributed by atoms with Crippen LogP contribution in [-0.4, -0.2) is 85.2 Å². The molecule has 0 bridgehead atoms. The molecule has 2 unspecified atom stereocenters. The van der Waals surface area contributed by atoms with Gasteiger partial charge in [0.05, 0.1) is 19.6 Å². The topological polar surface area (TPSA) is 130 Å². The third-order valence-electron chi connectivity index (χ3n) is 2.82. The van der Waals surface area contributed by atoms with Gasteiger partial charge in [0.2, 0.25) is 0 Å². The Bertz CT molecular complexity index is 347. The number of aliphatic hydroxyl groups excluding tert-OH is 2. The molecule has 0 saturated heterocycles. The first-order chi connectivity index (χ1) is 11.0. The van der Waals surface area contributed by atoms with E-state index in [4.69, 9.17) is 4.74 Å². The van der Waals surface area contributed by atoms with Gasteiger partial charge in [-0.3, -0.25) is 14.5 Å². The lowest BCUT2D eigenvalue weighted by Gasteiger charge is -2.23. The molecular weight excluding hydrogens is 310 g/mol. The summed E-state index contributed by atoms with van der Waals surface area (Å²) in [5.74, 6) is -0.479. The fraction of sp³-hybridized carbons (Fsp3) is 0.714. The number of esters is 1. The summed E-state index contributed by atoms with van der Waals surface area (Å²) in [6.07, 6.45) is -0.737. The number of carbonyl (C=O) groups is 4. The summed E-state index contributed by atoms with van der Waals surface area (Å²) in [5.41, 5.74) is 0. The van der Waals surface area contributed by atoms with Gasteiger partial charge in [0.25, 0.3) is 6.47 Å². The number of nitrogens with zero attached hydrogens (tertiary/aromatic N) is 1. The maximum atomic E-state index is 11.5. The van der Waals surface area contributed by atoms with Crippen LogP contribution in [0.2, 0.25) is 0 Å². The molecule has 0 aliphatic rings. The van der Waals surface area contributed by atoms with Crippen LogP contribution in [0.15, 0.2) is 0 Å². The molecule has 132 valence electrons. The van der Waals surface area contributed by atoms with Gasteiger partial charge in [0, 0.05) is 19.6 Å². The summed E-state index contributed by atoms with van der Waals surface area (Å²) in [6.45, 7) is 0.747. The van der Waals surface area contributed by atoms with E-state index in [-0.39, 0.29) is 39.3 Å². The smallest absolute Gasteiger partial charge is 0.307 e. The molecule has 0 aliphatic carbocycles. The van der Waals surface area contributed by atoms with Crippen molar-refractivity contribution in [1.29, 1.82) is 0 Å². The minimum atomic E-state index is -1.26. The highest BCUT2D eigenvalue weighted by molar-refractivity contribution is 5.69. The highest BCUT2D eigenvalue weighted by Gasteiger charge is 2.16. The SMILES string of the molecule is O=COCCCCOC(=O)CCN(CC(O)C=O)CC(O)C=O. The van der Waals surface area contributed by atoms with Crippen molar-refractivity contribution < 1.29 is 38.9 Å². The molecule has 0 aliphatic heterocycles. The molecule has 0 amide bonds. The van der Waals surface area contributed by atoms with Gasteiger partial charge in [-0.1, -0.05) is 0 Å². The lowest BCUT2D eigenvalue weighted by Crippen LogP contribution is -2.40. The predicted octanol–water partition coefficient (Wildman–Crippen LogP) is -1.71. The second-order valence-corrected chi connectivity index (χ2v) is 4.81. The predicted molar refractivity (Wildman–Crippen MR) is 77.4 cm³/mol. The van der Waals surface area contributed by atoms with Gasteiger partial charge < -0.3 is 29.3 Å². The van der Waals surface area contributed by atoms with E-state index in [0.717, 1.165) is 0 Å². The van der Waals surface area contributed by atoms with E-state index in [0.29, 0.717) is 31.9 Å². The average molecular weight is 333 g/mol. The maximum absolute atomic E-state index is 11.5. The van der Waals surface area contributed by atoms with Gasteiger partial charge >= 0.3 is 5.97 Å². The Labute approximate surface area is 134 Å². The Morgan fingerprint density at radius 3 is 2.09 bits per heavy atom. The van der Waals surface area contributed by atoms with Gasteiger partial charge in [-0.2, -0.15) is 0 Å². The normalized spacial score (nSPS) is 13.2. The number of hydrogen-bond acceptors (Lipinski definition) is 9. The van der Waals surface area contributed by atoms with E-state index in [2.05, 4.69) is 4.74 Å². The molecule has 0 rings (SSSR count). The number of rotatable bonds is 15. The Kier molecular flexibility index (Phi) is 12.7. The van der Waals surface area contributed by atoms with Gasteiger partial charge in [-0.15, -0.1) is 0 Å². The van der Waals surface area contributed by atoms with Crippen LogP contribution in [0.1, 0.15) is 19.3 Å². The Morgan fingerprint density at radius 2 is 1.57 bits per heavy atom. The van der Waals surface area contributed by atoms with Crippen molar-refractivity contribution in [2.45, 2.75) is 31.5 Å². The molecule has 0 aromatic rings. The average Bonchev–Trinajstić information content (AvgIpc) is 2.55. The van der Waals surface area contributed by atoms with E-state index < -0.39 is 18.2 Å². The molecule has 0 aromatic heterocycles. The summed E-state index contributed by atoms with van der Waals surface area (Å²) in [7, 11) is 0. The second kappa shape index (κ2) is 13.8. The molecule has 0 aromatic carbocycles. The third kappa shape index (κ3) is 12.4. The molecule has 0 fully saturated rings. The molecule has 9 nitrogen and oxygen atoms in total. The standard InChI is InChI=1S/C14H23NO8/c16-9-12(19)7-15(8-13(20)10-17)4-3-14(21)23-6-2-1-5-22-11-18/h9-13,19-20H,1-8H2. The molecule has 0 radical (unpaired) electrons. The van der Waals surface area contributed by atoms with Gasteiger partial charge in [0.15, 0.2) is 0 Å². The largest absolute Gasteiger partial charge is 0.468 e. The molecule has 9 heteroatoms. The van der Waals surface area contributed by atoms with Crippen molar-refractivity contribution in [3.8, 4) is 0 Å². The molecule has 2 N–H and O–H groups in total. The molecule has 0 saturated carbocycles. The second-order valence-electron chi connectivity index (χ2n) is 4.81. The first kappa shape index (κ1) is 21.2. The van der Waals surface area contributed by atoms with Crippen LogP contribution >= 0.6 is 0 Å². The summed E-state index contributed by atoms with van der Waals surface area (Å²) in [4.78, 5) is 43.8. The maximum Gasteiger partial charge on any atom is 0.307 e. The van der Waals surface area contributed by atoms with Crippen LogP contribution in [0.5, 0.6) is 0 Å². The summed E-state index contributed by atoms with van der Waals surface area (Å²) in [6, 6.07) is 0. The number of unbranched alkanes of at least 4 members (excludes halogenated alkanes) is 1. The zero-order chi connectivity index (χ0) is 17.5. The highest BCUT2D eigenvalue weighted by Crippen LogP contribution is 1.99. The first-order valence-corrected chi connectivity index (χ1v) is 7.23. The van der Waals surface area contributed by atoms with E-state index in [1.807, 2.05) is 0 Å². The van der Waals surface area contributed by atoms with E-state index in [9.17, 15) is 29.4 Å². The van der Waals surface area contributed by atoms with Crippen LogP contribution in [0.3, 0.4) is 0 Å². The van der Waals surface area contributed by atoms with Crippen molar-refractivity contribution in [3.63, 3.8) is 0 Å². The van der Waals surface area contributed by atoms with Crippen molar-refractivity contribution >= 4 is 25.0 Å². The van der Waals surface area contributed by atoms with Crippen molar-refractivity contribution in [3.05, 3.63) is 0 Å². The number of ether oxygens (including phenoxy) is 2. The summed E-state index contributed by atoms with van der Waals surface area (Å²) >= 11 is 0.